The zero-order valence-electron chi connectivity index (χ0n) is 12.9. The first-order valence-corrected chi connectivity index (χ1v) is 7.42. The highest BCUT2D eigenvalue weighted by Gasteiger charge is 2.34. The summed E-state index contributed by atoms with van der Waals surface area (Å²) in [5.74, 6) is -1.79. The number of halogens is 4. The fourth-order valence-electron chi connectivity index (χ4n) is 1.94. The van der Waals surface area contributed by atoms with E-state index < -0.39 is 35.9 Å². The Kier molecular flexibility index (Phi) is 5.85. The third kappa shape index (κ3) is 4.97. The molecule has 0 radical (unpaired) electrons. The smallest absolute Gasteiger partial charge is 0.418 e. The van der Waals surface area contributed by atoms with Crippen LogP contribution in [0.2, 0.25) is 5.02 Å². The average Bonchev–Trinajstić information content (AvgIpc) is 2.60. The number of benzene rings is 2. The Balaban J connectivity index is 2.01. The number of carbonyl (C=O) groups is 2. The summed E-state index contributed by atoms with van der Waals surface area (Å²) in [6.45, 7) is -0.779. The van der Waals surface area contributed by atoms with E-state index >= 15 is 0 Å². The molecule has 0 spiro atoms. The first-order chi connectivity index (χ1) is 12.2. The van der Waals surface area contributed by atoms with Gasteiger partial charge in [0, 0.05) is 5.02 Å². The fourth-order valence-corrected chi connectivity index (χ4v) is 2.11. The maximum absolute atomic E-state index is 13.0. The minimum absolute atomic E-state index is 0.0965. The van der Waals surface area contributed by atoms with Gasteiger partial charge in [0.05, 0.1) is 28.4 Å². The van der Waals surface area contributed by atoms with E-state index in [0.29, 0.717) is 11.6 Å². The molecule has 0 saturated carbocycles. The number of nitrogens with zero attached hydrogens (tertiary/aromatic N) is 1. The van der Waals surface area contributed by atoms with Gasteiger partial charge in [0.2, 0.25) is 0 Å². The van der Waals surface area contributed by atoms with Crippen LogP contribution >= 0.6 is 11.6 Å². The normalized spacial score (nSPS) is 10.7. The summed E-state index contributed by atoms with van der Waals surface area (Å²) in [6, 6.07) is 10.2. The maximum Gasteiger partial charge on any atom is 0.418 e. The minimum Gasteiger partial charge on any atom is -0.452 e. The number of hydrogen-bond donors (Lipinski definition) is 1. The lowest BCUT2D eigenvalue weighted by molar-refractivity contribution is -0.137. The Labute approximate surface area is 150 Å². The van der Waals surface area contributed by atoms with Gasteiger partial charge in [0.1, 0.15) is 0 Å². The molecular weight excluding hydrogens is 373 g/mol. The standard InChI is InChI=1S/C17H10ClF3N2O3/c18-12-5-6-14(13(7-12)17(19,20)21)23-15(24)9-26-16(25)11-3-1-10(8-22)2-4-11/h1-7H,9H2,(H,23,24). The lowest BCUT2D eigenvalue weighted by Gasteiger charge is -2.14. The number of alkyl halides is 3. The van der Waals surface area contributed by atoms with Crippen molar-refractivity contribution in [3.8, 4) is 6.07 Å². The van der Waals surface area contributed by atoms with E-state index in [4.69, 9.17) is 21.6 Å². The van der Waals surface area contributed by atoms with Crippen LogP contribution < -0.4 is 5.32 Å². The first kappa shape index (κ1) is 19.3. The van der Waals surface area contributed by atoms with Gasteiger partial charge in [-0.05, 0) is 42.5 Å². The molecule has 2 aromatic rings. The molecule has 0 aliphatic carbocycles. The third-order valence-electron chi connectivity index (χ3n) is 3.15. The molecule has 2 rings (SSSR count). The van der Waals surface area contributed by atoms with Gasteiger partial charge < -0.3 is 10.1 Å². The molecule has 0 unspecified atom stereocenters. The Hall–Kier alpha value is -3.05. The highest BCUT2D eigenvalue weighted by molar-refractivity contribution is 6.30. The number of rotatable bonds is 4. The van der Waals surface area contributed by atoms with Gasteiger partial charge in [-0.15, -0.1) is 0 Å². The Morgan fingerprint density at radius 2 is 1.81 bits per heavy atom. The number of carbonyl (C=O) groups excluding carboxylic acids is 2. The second-order valence-electron chi connectivity index (χ2n) is 5.00. The van der Waals surface area contributed by atoms with Crippen molar-refractivity contribution >= 4 is 29.2 Å². The van der Waals surface area contributed by atoms with E-state index in [0.717, 1.165) is 6.07 Å². The number of amides is 1. The number of nitrogens with one attached hydrogen (secondary N) is 1. The lowest BCUT2D eigenvalue weighted by Crippen LogP contribution is -2.22. The molecule has 0 aromatic heterocycles. The van der Waals surface area contributed by atoms with Gasteiger partial charge in [-0.1, -0.05) is 11.6 Å². The molecule has 0 aliphatic rings. The Morgan fingerprint density at radius 3 is 2.38 bits per heavy atom. The van der Waals surface area contributed by atoms with Crippen molar-refractivity contribution in [1.29, 1.82) is 5.26 Å². The molecule has 1 N–H and O–H groups in total. The molecule has 5 nitrogen and oxygen atoms in total. The number of esters is 1. The second kappa shape index (κ2) is 7.89. The number of ether oxygens (including phenoxy) is 1. The first-order valence-electron chi connectivity index (χ1n) is 7.04. The SMILES string of the molecule is N#Cc1ccc(C(=O)OCC(=O)Nc2ccc(Cl)cc2C(F)(F)F)cc1. The number of hydrogen-bond acceptors (Lipinski definition) is 4. The quantitative estimate of drug-likeness (QED) is 0.810. The lowest BCUT2D eigenvalue weighted by atomic mass is 10.1. The predicted octanol–water partition coefficient (Wildman–Crippen LogP) is 4.03. The monoisotopic (exact) mass is 382 g/mol. The Bertz CT molecular complexity index is 874. The molecule has 0 heterocycles. The van der Waals surface area contributed by atoms with E-state index in [2.05, 4.69) is 0 Å². The van der Waals surface area contributed by atoms with Gasteiger partial charge in [0.25, 0.3) is 5.91 Å². The van der Waals surface area contributed by atoms with Crippen molar-refractivity contribution in [2.45, 2.75) is 6.18 Å². The van der Waals surface area contributed by atoms with E-state index in [9.17, 15) is 22.8 Å². The molecule has 0 atom stereocenters. The second-order valence-corrected chi connectivity index (χ2v) is 5.44. The van der Waals surface area contributed by atoms with Crippen molar-refractivity contribution in [1.82, 2.24) is 0 Å². The molecule has 1 amide bonds. The number of anilines is 1. The summed E-state index contributed by atoms with van der Waals surface area (Å²) >= 11 is 5.55. The highest BCUT2D eigenvalue weighted by Crippen LogP contribution is 2.36. The Morgan fingerprint density at radius 1 is 1.15 bits per heavy atom. The zero-order chi connectivity index (χ0) is 19.3. The molecule has 0 aliphatic heterocycles. The van der Waals surface area contributed by atoms with Crippen LogP contribution in [0.1, 0.15) is 21.5 Å². The average molecular weight is 383 g/mol. The molecule has 2 aromatic carbocycles. The van der Waals surface area contributed by atoms with Crippen LogP contribution in [0.25, 0.3) is 0 Å². The van der Waals surface area contributed by atoms with E-state index in [1.54, 1.807) is 0 Å². The summed E-state index contributed by atoms with van der Waals surface area (Å²) in [5.41, 5.74) is -1.18. The topological polar surface area (TPSA) is 79.2 Å². The van der Waals surface area contributed by atoms with Crippen LogP contribution in [-0.4, -0.2) is 18.5 Å². The third-order valence-corrected chi connectivity index (χ3v) is 3.38. The summed E-state index contributed by atoms with van der Waals surface area (Å²) in [7, 11) is 0. The molecular formula is C17H10ClF3N2O3. The van der Waals surface area contributed by atoms with Crippen LogP contribution in [0, 0.1) is 11.3 Å². The van der Waals surface area contributed by atoms with E-state index in [1.165, 1.54) is 30.3 Å². The van der Waals surface area contributed by atoms with Crippen LogP contribution in [0.3, 0.4) is 0 Å². The summed E-state index contributed by atoms with van der Waals surface area (Å²) in [5, 5.41) is 10.6. The molecule has 26 heavy (non-hydrogen) atoms. The van der Waals surface area contributed by atoms with Gasteiger partial charge >= 0.3 is 12.1 Å². The van der Waals surface area contributed by atoms with Gasteiger partial charge in [-0.3, -0.25) is 4.79 Å². The molecule has 9 heteroatoms. The molecule has 0 saturated heterocycles. The van der Waals surface area contributed by atoms with Gasteiger partial charge in [-0.25, -0.2) is 4.79 Å². The van der Waals surface area contributed by atoms with Gasteiger partial charge in [0.15, 0.2) is 6.61 Å². The van der Waals surface area contributed by atoms with Crippen molar-refractivity contribution in [3.63, 3.8) is 0 Å². The summed E-state index contributed by atoms with van der Waals surface area (Å²) in [6.07, 6.45) is -4.72. The van der Waals surface area contributed by atoms with Crippen LogP contribution in [-0.2, 0) is 15.7 Å². The van der Waals surface area contributed by atoms with Crippen molar-refractivity contribution in [2.75, 3.05) is 11.9 Å². The summed E-state index contributed by atoms with van der Waals surface area (Å²) < 4.78 is 43.6. The molecule has 0 fully saturated rings. The highest BCUT2D eigenvalue weighted by atomic mass is 35.5. The summed E-state index contributed by atoms with van der Waals surface area (Å²) in [4.78, 5) is 23.6. The largest absolute Gasteiger partial charge is 0.452 e. The predicted molar refractivity (Wildman–Crippen MR) is 86.5 cm³/mol. The van der Waals surface area contributed by atoms with Crippen LogP contribution in [0.15, 0.2) is 42.5 Å². The fraction of sp³-hybridized carbons (Fsp3) is 0.118. The maximum atomic E-state index is 13.0. The minimum atomic E-state index is -4.72. The molecule has 134 valence electrons. The number of nitriles is 1. The van der Waals surface area contributed by atoms with E-state index in [-0.39, 0.29) is 10.6 Å². The van der Waals surface area contributed by atoms with Crippen molar-refractivity contribution in [3.05, 3.63) is 64.2 Å². The molecule has 0 bridgehead atoms. The van der Waals surface area contributed by atoms with E-state index in [1.807, 2.05) is 11.4 Å². The van der Waals surface area contributed by atoms with Crippen LogP contribution in [0.4, 0.5) is 18.9 Å². The van der Waals surface area contributed by atoms with Crippen LogP contribution in [0.5, 0.6) is 0 Å². The van der Waals surface area contributed by atoms with Gasteiger partial charge in [-0.2, -0.15) is 18.4 Å². The zero-order valence-corrected chi connectivity index (χ0v) is 13.7. The van der Waals surface area contributed by atoms with Crippen molar-refractivity contribution in [2.24, 2.45) is 0 Å². The van der Waals surface area contributed by atoms with Crippen molar-refractivity contribution < 1.29 is 27.5 Å².